The topological polar surface area (TPSA) is 54.5 Å². The van der Waals surface area contributed by atoms with E-state index in [1.54, 1.807) is 11.3 Å². The van der Waals surface area contributed by atoms with Crippen molar-refractivity contribution in [1.29, 1.82) is 0 Å². The van der Waals surface area contributed by atoms with Crippen molar-refractivity contribution in [1.82, 2.24) is 15.2 Å². The Bertz CT molecular complexity index is 462. The molecular formula is C15H25N3O2S. The molecule has 1 aromatic rings. The highest BCUT2D eigenvalue weighted by atomic mass is 32.1. The van der Waals surface area contributed by atoms with Gasteiger partial charge in [0.15, 0.2) is 0 Å². The van der Waals surface area contributed by atoms with Crippen LogP contribution in [0.4, 0.5) is 0 Å². The summed E-state index contributed by atoms with van der Waals surface area (Å²) in [5, 5.41) is 5.90. The molecule has 1 amide bonds. The highest BCUT2D eigenvalue weighted by Crippen LogP contribution is 2.09. The third-order valence-electron chi connectivity index (χ3n) is 3.38. The molecular weight excluding hydrogens is 286 g/mol. The van der Waals surface area contributed by atoms with E-state index in [0.29, 0.717) is 18.9 Å². The summed E-state index contributed by atoms with van der Waals surface area (Å²) in [5.41, 5.74) is 0.848. The number of ether oxygens (including phenoxy) is 1. The molecule has 21 heavy (non-hydrogen) atoms. The van der Waals surface area contributed by atoms with Crippen LogP contribution >= 0.6 is 11.3 Å². The molecule has 0 radical (unpaired) electrons. The second kappa shape index (κ2) is 7.87. The maximum atomic E-state index is 11.9. The van der Waals surface area contributed by atoms with E-state index >= 15 is 0 Å². The van der Waals surface area contributed by atoms with Crippen molar-refractivity contribution in [2.75, 3.05) is 32.8 Å². The third-order valence-corrected chi connectivity index (χ3v) is 4.20. The largest absolute Gasteiger partial charge is 0.374 e. The molecule has 0 spiro atoms. The molecule has 1 aliphatic rings. The van der Waals surface area contributed by atoms with Crippen LogP contribution < -0.4 is 5.32 Å². The zero-order chi connectivity index (χ0) is 15.2. The Balaban J connectivity index is 1.70. The number of nitrogens with one attached hydrogen (secondary N) is 1. The summed E-state index contributed by atoms with van der Waals surface area (Å²) >= 11 is 1.58. The van der Waals surface area contributed by atoms with E-state index in [1.165, 1.54) is 0 Å². The summed E-state index contributed by atoms with van der Waals surface area (Å²) < 4.78 is 5.72. The van der Waals surface area contributed by atoms with Crippen LogP contribution in [0, 0.1) is 12.8 Å². The molecule has 1 N–H and O–H groups in total. The molecule has 0 saturated carbocycles. The van der Waals surface area contributed by atoms with Gasteiger partial charge in [-0.25, -0.2) is 4.98 Å². The van der Waals surface area contributed by atoms with Crippen molar-refractivity contribution in [2.24, 2.45) is 5.92 Å². The monoisotopic (exact) mass is 311 g/mol. The Morgan fingerprint density at radius 2 is 2.43 bits per heavy atom. The van der Waals surface area contributed by atoms with Gasteiger partial charge in [0.1, 0.15) is 0 Å². The number of thiazole rings is 1. The van der Waals surface area contributed by atoms with Crippen LogP contribution in [0.2, 0.25) is 0 Å². The molecule has 1 unspecified atom stereocenters. The average Bonchev–Trinajstić information content (AvgIpc) is 2.81. The van der Waals surface area contributed by atoms with E-state index in [4.69, 9.17) is 4.74 Å². The van der Waals surface area contributed by atoms with Crippen molar-refractivity contribution in [3.05, 3.63) is 16.1 Å². The van der Waals surface area contributed by atoms with Crippen LogP contribution in [0.25, 0.3) is 0 Å². The first kappa shape index (κ1) is 16.4. The summed E-state index contributed by atoms with van der Waals surface area (Å²) in [6, 6.07) is 0. The van der Waals surface area contributed by atoms with Gasteiger partial charge >= 0.3 is 0 Å². The minimum atomic E-state index is 0.0184. The number of carbonyl (C=O) groups excluding carboxylic acids is 1. The van der Waals surface area contributed by atoms with Crippen LogP contribution in [0.1, 0.15) is 24.5 Å². The first-order chi connectivity index (χ1) is 10.0. The molecule has 5 nitrogen and oxygen atoms in total. The van der Waals surface area contributed by atoms with Crippen LogP contribution in [0.5, 0.6) is 0 Å². The molecule has 2 rings (SSSR count). The number of aromatic nitrogens is 1. The SMILES string of the molecule is Cc1nc(CC(=O)NCC2CN(CC(C)C)CCO2)cs1. The Kier molecular flexibility index (Phi) is 6.14. The lowest BCUT2D eigenvalue weighted by molar-refractivity contribution is -0.121. The number of morpholine rings is 1. The lowest BCUT2D eigenvalue weighted by Crippen LogP contribution is -2.48. The van der Waals surface area contributed by atoms with Gasteiger partial charge in [0, 0.05) is 31.6 Å². The van der Waals surface area contributed by atoms with E-state index < -0.39 is 0 Å². The predicted molar refractivity (Wildman–Crippen MR) is 84.6 cm³/mol. The minimum absolute atomic E-state index is 0.0184. The summed E-state index contributed by atoms with van der Waals surface area (Å²) in [6.45, 7) is 10.7. The molecule has 0 aromatic carbocycles. The van der Waals surface area contributed by atoms with Crippen molar-refractivity contribution in [3.63, 3.8) is 0 Å². The molecule has 0 bridgehead atoms. The Hall–Kier alpha value is -0.980. The van der Waals surface area contributed by atoms with E-state index in [0.717, 1.165) is 36.9 Å². The summed E-state index contributed by atoms with van der Waals surface area (Å²) in [5.74, 6) is 0.677. The highest BCUT2D eigenvalue weighted by Gasteiger charge is 2.21. The second-order valence-corrected chi connectivity index (χ2v) is 7.05. The van der Waals surface area contributed by atoms with Gasteiger partial charge in [-0.15, -0.1) is 11.3 Å². The van der Waals surface area contributed by atoms with Crippen molar-refractivity contribution >= 4 is 17.2 Å². The van der Waals surface area contributed by atoms with Crippen molar-refractivity contribution < 1.29 is 9.53 Å². The number of aryl methyl sites for hydroxylation is 1. The average molecular weight is 311 g/mol. The van der Waals surface area contributed by atoms with Gasteiger partial charge in [-0.3, -0.25) is 9.69 Å². The van der Waals surface area contributed by atoms with Gasteiger partial charge < -0.3 is 10.1 Å². The van der Waals surface area contributed by atoms with Crippen LogP contribution in [0.3, 0.4) is 0 Å². The Labute approximate surface area is 130 Å². The second-order valence-electron chi connectivity index (χ2n) is 5.98. The summed E-state index contributed by atoms with van der Waals surface area (Å²) in [4.78, 5) is 18.6. The quantitative estimate of drug-likeness (QED) is 0.864. The van der Waals surface area contributed by atoms with Gasteiger partial charge in [0.2, 0.25) is 5.91 Å². The van der Waals surface area contributed by atoms with Gasteiger partial charge in [-0.2, -0.15) is 0 Å². The van der Waals surface area contributed by atoms with Gasteiger partial charge in [-0.05, 0) is 12.8 Å². The number of nitrogens with zero attached hydrogens (tertiary/aromatic N) is 2. The highest BCUT2D eigenvalue weighted by molar-refractivity contribution is 7.09. The molecule has 1 fully saturated rings. The number of hydrogen-bond donors (Lipinski definition) is 1. The van der Waals surface area contributed by atoms with E-state index in [2.05, 4.69) is 29.0 Å². The van der Waals surface area contributed by atoms with E-state index in [1.807, 2.05) is 12.3 Å². The van der Waals surface area contributed by atoms with Crippen LogP contribution in [0.15, 0.2) is 5.38 Å². The van der Waals surface area contributed by atoms with Gasteiger partial charge in [0.05, 0.1) is 29.8 Å². The molecule has 2 heterocycles. The zero-order valence-corrected chi connectivity index (χ0v) is 13.9. The number of hydrogen-bond acceptors (Lipinski definition) is 5. The fourth-order valence-corrected chi connectivity index (χ4v) is 3.14. The Morgan fingerprint density at radius 1 is 1.62 bits per heavy atom. The first-order valence-corrected chi connectivity index (χ1v) is 8.42. The fraction of sp³-hybridized carbons (Fsp3) is 0.733. The maximum absolute atomic E-state index is 11.9. The van der Waals surface area contributed by atoms with E-state index in [9.17, 15) is 4.79 Å². The summed E-state index contributed by atoms with van der Waals surface area (Å²) in [7, 11) is 0. The third kappa shape index (κ3) is 5.73. The fourth-order valence-electron chi connectivity index (χ4n) is 2.53. The van der Waals surface area contributed by atoms with Gasteiger partial charge in [-0.1, -0.05) is 13.8 Å². The number of carbonyl (C=O) groups is 1. The van der Waals surface area contributed by atoms with Gasteiger partial charge in [0.25, 0.3) is 0 Å². The molecule has 118 valence electrons. The Morgan fingerprint density at radius 3 is 3.10 bits per heavy atom. The van der Waals surface area contributed by atoms with E-state index in [-0.39, 0.29) is 12.0 Å². The van der Waals surface area contributed by atoms with Crippen molar-refractivity contribution in [2.45, 2.75) is 33.3 Å². The number of amides is 1. The lowest BCUT2D eigenvalue weighted by atomic mass is 10.2. The standard InChI is InChI=1S/C15H25N3O2S/c1-11(2)8-18-4-5-20-14(9-18)7-16-15(19)6-13-10-21-12(3)17-13/h10-11,14H,4-9H2,1-3H3,(H,16,19). The smallest absolute Gasteiger partial charge is 0.226 e. The molecule has 0 aliphatic carbocycles. The minimum Gasteiger partial charge on any atom is -0.374 e. The first-order valence-electron chi connectivity index (χ1n) is 7.54. The number of rotatable bonds is 6. The van der Waals surface area contributed by atoms with Crippen molar-refractivity contribution in [3.8, 4) is 0 Å². The van der Waals surface area contributed by atoms with Crippen LogP contribution in [-0.4, -0.2) is 54.7 Å². The zero-order valence-electron chi connectivity index (χ0n) is 13.1. The molecule has 1 aromatic heterocycles. The molecule has 1 aliphatic heterocycles. The predicted octanol–water partition coefficient (Wildman–Crippen LogP) is 1.47. The van der Waals surface area contributed by atoms with Crippen LogP contribution in [-0.2, 0) is 16.0 Å². The molecule has 1 atom stereocenters. The molecule has 6 heteroatoms. The summed E-state index contributed by atoms with van der Waals surface area (Å²) in [6.07, 6.45) is 0.450. The lowest BCUT2D eigenvalue weighted by Gasteiger charge is -2.33. The maximum Gasteiger partial charge on any atom is 0.226 e. The molecule has 1 saturated heterocycles. The normalized spacial score (nSPS) is 19.9.